The van der Waals surface area contributed by atoms with Gasteiger partial charge in [0.05, 0.1) is 10.9 Å². The number of benzene rings is 1. The van der Waals surface area contributed by atoms with Crippen LogP contribution in [0.2, 0.25) is 0 Å². The minimum Gasteiger partial charge on any atom is -0.349 e. The molecule has 6 heteroatoms. The van der Waals surface area contributed by atoms with Crippen molar-refractivity contribution >= 4 is 29.0 Å². The summed E-state index contributed by atoms with van der Waals surface area (Å²) in [7, 11) is 0. The molecular weight excluding hydrogens is 310 g/mol. The first kappa shape index (κ1) is 15.9. The summed E-state index contributed by atoms with van der Waals surface area (Å²) in [6.45, 7) is 4.56. The Balaban J connectivity index is 1.87. The van der Waals surface area contributed by atoms with Gasteiger partial charge in [-0.1, -0.05) is 13.3 Å². The third kappa shape index (κ3) is 3.08. The van der Waals surface area contributed by atoms with Crippen LogP contribution in [0.1, 0.15) is 43.5 Å². The molecule has 0 spiro atoms. The number of hydrogen-bond donors (Lipinski definition) is 2. The molecule has 3 rings (SSSR count). The minimum atomic E-state index is -0.122. The zero-order chi connectivity index (χ0) is 16.6. The number of fused-ring (bicyclic) bond motifs is 1. The molecule has 1 amide bonds. The van der Waals surface area contributed by atoms with Crippen LogP contribution in [-0.4, -0.2) is 21.5 Å². The van der Waals surface area contributed by atoms with E-state index in [0.29, 0.717) is 39.7 Å². The quantitative estimate of drug-likeness (QED) is 0.828. The molecule has 0 unspecified atom stereocenters. The average Bonchev–Trinajstić information content (AvgIpc) is 3.25. The van der Waals surface area contributed by atoms with E-state index in [9.17, 15) is 9.59 Å². The van der Waals surface area contributed by atoms with Crippen LogP contribution in [0, 0.1) is 10.7 Å². The van der Waals surface area contributed by atoms with Gasteiger partial charge in [-0.15, -0.1) is 0 Å². The van der Waals surface area contributed by atoms with E-state index in [1.165, 1.54) is 4.57 Å². The molecular formula is C17H21N3O2S. The van der Waals surface area contributed by atoms with Gasteiger partial charge in [0, 0.05) is 18.2 Å². The van der Waals surface area contributed by atoms with Crippen molar-refractivity contribution in [3.63, 3.8) is 0 Å². The highest BCUT2D eigenvalue weighted by atomic mass is 32.1. The lowest BCUT2D eigenvalue weighted by Crippen LogP contribution is -2.27. The number of aromatic nitrogens is 2. The maximum Gasteiger partial charge on any atom is 0.262 e. The van der Waals surface area contributed by atoms with E-state index in [-0.39, 0.29) is 11.5 Å². The topological polar surface area (TPSA) is 66.9 Å². The predicted molar refractivity (Wildman–Crippen MR) is 93.3 cm³/mol. The van der Waals surface area contributed by atoms with Crippen LogP contribution < -0.4 is 10.9 Å². The maximum atomic E-state index is 12.3. The smallest absolute Gasteiger partial charge is 0.262 e. The third-order valence-electron chi connectivity index (χ3n) is 4.46. The molecule has 0 bridgehead atoms. The van der Waals surface area contributed by atoms with Crippen molar-refractivity contribution in [2.24, 2.45) is 5.92 Å². The highest BCUT2D eigenvalue weighted by molar-refractivity contribution is 7.71. The van der Waals surface area contributed by atoms with Crippen molar-refractivity contribution < 1.29 is 4.79 Å². The van der Waals surface area contributed by atoms with Gasteiger partial charge in [0.1, 0.15) is 0 Å². The number of amides is 1. The van der Waals surface area contributed by atoms with Gasteiger partial charge in [0.25, 0.3) is 11.5 Å². The number of H-pyrrole nitrogens is 1. The average molecular weight is 331 g/mol. The Kier molecular flexibility index (Phi) is 4.35. The SMILES string of the molecule is CCC[C@H]1C[C@@H]1NC(=O)c1ccc2c(=O)n(CC)c(=S)[nH]c2c1. The predicted octanol–water partition coefficient (Wildman–Crippen LogP) is 3.00. The van der Waals surface area contributed by atoms with Crippen LogP contribution in [0.5, 0.6) is 0 Å². The molecule has 1 aromatic carbocycles. The van der Waals surface area contributed by atoms with Crippen molar-refractivity contribution in [2.45, 2.75) is 45.7 Å². The summed E-state index contributed by atoms with van der Waals surface area (Å²) < 4.78 is 1.89. The fourth-order valence-corrected chi connectivity index (χ4v) is 3.37. The molecule has 1 aromatic heterocycles. The Morgan fingerprint density at radius 3 is 2.91 bits per heavy atom. The van der Waals surface area contributed by atoms with E-state index in [0.717, 1.165) is 19.3 Å². The normalized spacial score (nSPS) is 19.7. The van der Waals surface area contributed by atoms with Crippen LogP contribution in [-0.2, 0) is 6.54 Å². The van der Waals surface area contributed by atoms with Crippen LogP contribution in [0.3, 0.4) is 0 Å². The van der Waals surface area contributed by atoms with Crippen molar-refractivity contribution in [3.8, 4) is 0 Å². The standard InChI is InChI=1S/C17H21N3O2S/c1-3-5-10-8-13(10)18-15(21)11-6-7-12-14(9-11)19-17(23)20(4-2)16(12)22/h6-7,9-10,13H,3-5,8H2,1-2H3,(H,18,21)(H,19,23)/t10-,13-/m0/s1. The highest BCUT2D eigenvalue weighted by Crippen LogP contribution is 2.34. The second-order valence-corrected chi connectivity index (χ2v) is 6.49. The molecule has 0 saturated heterocycles. The molecule has 2 N–H and O–H groups in total. The van der Waals surface area contributed by atoms with Gasteiger partial charge in [0.15, 0.2) is 4.77 Å². The third-order valence-corrected chi connectivity index (χ3v) is 4.78. The lowest BCUT2D eigenvalue weighted by Gasteiger charge is -2.08. The first-order chi connectivity index (χ1) is 11.0. The summed E-state index contributed by atoms with van der Waals surface area (Å²) in [5.41, 5.74) is 1.04. The van der Waals surface area contributed by atoms with E-state index in [2.05, 4.69) is 17.2 Å². The molecule has 2 aromatic rings. The molecule has 0 aliphatic heterocycles. The van der Waals surface area contributed by atoms with Crippen molar-refractivity contribution in [3.05, 3.63) is 38.9 Å². The second-order valence-electron chi connectivity index (χ2n) is 6.10. The van der Waals surface area contributed by atoms with E-state index < -0.39 is 0 Å². The largest absolute Gasteiger partial charge is 0.349 e. The van der Waals surface area contributed by atoms with Gasteiger partial charge in [0.2, 0.25) is 0 Å². The van der Waals surface area contributed by atoms with Crippen molar-refractivity contribution in [2.75, 3.05) is 0 Å². The zero-order valence-electron chi connectivity index (χ0n) is 13.4. The number of hydrogen-bond acceptors (Lipinski definition) is 3. The zero-order valence-corrected chi connectivity index (χ0v) is 14.2. The molecule has 1 saturated carbocycles. The summed E-state index contributed by atoms with van der Waals surface area (Å²) in [4.78, 5) is 27.7. The van der Waals surface area contributed by atoms with Crippen LogP contribution in [0.4, 0.5) is 0 Å². The Bertz CT molecular complexity index is 868. The second kappa shape index (κ2) is 6.28. The lowest BCUT2D eigenvalue weighted by atomic mass is 10.1. The summed E-state index contributed by atoms with van der Waals surface area (Å²) in [5, 5.41) is 3.61. The number of carbonyl (C=O) groups excluding carboxylic acids is 1. The van der Waals surface area contributed by atoms with E-state index in [4.69, 9.17) is 12.2 Å². The Morgan fingerprint density at radius 2 is 2.22 bits per heavy atom. The summed E-state index contributed by atoms with van der Waals surface area (Å²) in [6.07, 6.45) is 3.37. The first-order valence-electron chi connectivity index (χ1n) is 8.12. The number of carbonyl (C=O) groups is 1. The maximum absolute atomic E-state index is 12.3. The van der Waals surface area contributed by atoms with E-state index >= 15 is 0 Å². The Hall–Kier alpha value is -1.95. The lowest BCUT2D eigenvalue weighted by molar-refractivity contribution is 0.0949. The van der Waals surface area contributed by atoms with Crippen LogP contribution in [0.15, 0.2) is 23.0 Å². The van der Waals surface area contributed by atoms with Gasteiger partial charge in [-0.05, 0) is 56.1 Å². The molecule has 122 valence electrons. The van der Waals surface area contributed by atoms with Gasteiger partial charge < -0.3 is 10.3 Å². The summed E-state index contributed by atoms with van der Waals surface area (Å²) in [5.74, 6) is 0.529. The molecule has 1 aliphatic rings. The monoisotopic (exact) mass is 331 g/mol. The molecule has 23 heavy (non-hydrogen) atoms. The number of nitrogens with zero attached hydrogens (tertiary/aromatic N) is 1. The molecule has 5 nitrogen and oxygen atoms in total. The number of nitrogens with one attached hydrogen (secondary N) is 2. The molecule has 1 heterocycles. The Labute approximate surface area is 139 Å². The highest BCUT2D eigenvalue weighted by Gasteiger charge is 2.37. The van der Waals surface area contributed by atoms with Gasteiger partial charge >= 0.3 is 0 Å². The molecule has 2 atom stereocenters. The van der Waals surface area contributed by atoms with Crippen LogP contribution >= 0.6 is 12.2 Å². The van der Waals surface area contributed by atoms with Gasteiger partial charge in [-0.3, -0.25) is 14.2 Å². The summed E-state index contributed by atoms with van der Waals surface area (Å²) >= 11 is 5.21. The number of rotatable bonds is 5. The fraction of sp³-hybridized carbons (Fsp3) is 0.471. The summed E-state index contributed by atoms with van der Waals surface area (Å²) in [6, 6.07) is 5.40. The minimum absolute atomic E-state index is 0.0884. The molecule has 1 aliphatic carbocycles. The van der Waals surface area contributed by atoms with Crippen LogP contribution in [0.25, 0.3) is 10.9 Å². The van der Waals surface area contributed by atoms with E-state index in [1.54, 1.807) is 18.2 Å². The van der Waals surface area contributed by atoms with Gasteiger partial charge in [-0.2, -0.15) is 0 Å². The van der Waals surface area contributed by atoms with E-state index in [1.807, 2.05) is 6.92 Å². The number of aromatic amines is 1. The van der Waals surface area contributed by atoms with Crippen molar-refractivity contribution in [1.82, 2.24) is 14.9 Å². The molecule has 0 radical (unpaired) electrons. The first-order valence-corrected chi connectivity index (χ1v) is 8.53. The van der Waals surface area contributed by atoms with Gasteiger partial charge in [-0.25, -0.2) is 0 Å². The fourth-order valence-electron chi connectivity index (χ4n) is 3.05. The Morgan fingerprint density at radius 1 is 1.43 bits per heavy atom. The van der Waals surface area contributed by atoms with Crippen molar-refractivity contribution in [1.29, 1.82) is 0 Å². The molecule has 1 fully saturated rings.